The molecule has 6 heteroatoms. The molecule has 2 aromatic rings. The van der Waals surface area contributed by atoms with Gasteiger partial charge in [0.15, 0.2) is 0 Å². The Labute approximate surface area is 102 Å². The number of aromatic hydroxyl groups is 1. The van der Waals surface area contributed by atoms with Crippen molar-refractivity contribution in [3.63, 3.8) is 0 Å². The first-order valence-corrected chi connectivity index (χ1v) is 5.41. The van der Waals surface area contributed by atoms with E-state index >= 15 is 0 Å². The SMILES string of the molecule is NCc1cn(Cc2cccc(O)c2)c(=O)[nH]c1=O. The van der Waals surface area contributed by atoms with Gasteiger partial charge in [-0.3, -0.25) is 14.3 Å². The number of nitrogens with one attached hydrogen (secondary N) is 1. The summed E-state index contributed by atoms with van der Waals surface area (Å²) in [4.78, 5) is 25.1. The van der Waals surface area contributed by atoms with Crippen molar-refractivity contribution in [1.29, 1.82) is 0 Å². The van der Waals surface area contributed by atoms with E-state index < -0.39 is 11.2 Å². The summed E-state index contributed by atoms with van der Waals surface area (Å²) in [5.74, 6) is 0.129. The number of hydrogen-bond acceptors (Lipinski definition) is 4. The Morgan fingerprint density at radius 3 is 2.78 bits per heavy atom. The lowest BCUT2D eigenvalue weighted by Gasteiger charge is -2.07. The van der Waals surface area contributed by atoms with Crippen molar-refractivity contribution in [3.8, 4) is 5.75 Å². The summed E-state index contributed by atoms with van der Waals surface area (Å²) in [6.07, 6.45) is 1.44. The fourth-order valence-corrected chi connectivity index (χ4v) is 1.67. The monoisotopic (exact) mass is 247 g/mol. The van der Waals surface area contributed by atoms with Crippen LogP contribution >= 0.6 is 0 Å². The number of phenols is 1. The lowest BCUT2D eigenvalue weighted by Crippen LogP contribution is -2.32. The topological polar surface area (TPSA) is 101 Å². The van der Waals surface area contributed by atoms with Gasteiger partial charge in [0.25, 0.3) is 5.56 Å². The number of benzene rings is 1. The van der Waals surface area contributed by atoms with E-state index in [-0.39, 0.29) is 18.8 Å². The average molecular weight is 247 g/mol. The van der Waals surface area contributed by atoms with Gasteiger partial charge in [-0.05, 0) is 17.7 Å². The molecule has 2 rings (SSSR count). The molecule has 0 spiro atoms. The summed E-state index contributed by atoms with van der Waals surface area (Å²) < 4.78 is 1.35. The van der Waals surface area contributed by atoms with E-state index in [4.69, 9.17) is 5.73 Å². The zero-order valence-electron chi connectivity index (χ0n) is 9.59. The van der Waals surface area contributed by atoms with Crippen molar-refractivity contribution in [2.45, 2.75) is 13.1 Å². The summed E-state index contributed by atoms with van der Waals surface area (Å²) >= 11 is 0. The van der Waals surface area contributed by atoms with E-state index in [1.807, 2.05) is 0 Å². The van der Waals surface area contributed by atoms with Crippen LogP contribution in [0.1, 0.15) is 11.1 Å². The summed E-state index contributed by atoms with van der Waals surface area (Å²) in [5.41, 5.74) is 5.55. The van der Waals surface area contributed by atoms with Crippen molar-refractivity contribution >= 4 is 0 Å². The highest BCUT2D eigenvalue weighted by Gasteiger charge is 2.04. The third-order valence-corrected chi connectivity index (χ3v) is 2.57. The Hall–Kier alpha value is -2.34. The van der Waals surface area contributed by atoms with Crippen LogP contribution in [0.4, 0.5) is 0 Å². The second-order valence-electron chi connectivity index (χ2n) is 3.92. The number of aromatic amines is 1. The number of H-pyrrole nitrogens is 1. The van der Waals surface area contributed by atoms with Crippen LogP contribution in [0.2, 0.25) is 0 Å². The van der Waals surface area contributed by atoms with Crippen LogP contribution in [-0.4, -0.2) is 14.7 Å². The quantitative estimate of drug-likeness (QED) is 0.696. The van der Waals surface area contributed by atoms with Gasteiger partial charge in [-0.25, -0.2) is 4.79 Å². The van der Waals surface area contributed by atoms with Gasteiger partial charge in [0.2, 0.25) is 0 Å². The molecule has 94 valence electrons. The van der Waals surface area contributed by atoms with Crippen molar-refractivity contribution < 1.29 is 5.11 Å². The van der Waals surface area contributed by atoms with Gasteiger partial charge in [-0.2, -0.15) is 0 Å². The minimum absolute atomic E-state index is 0.0651. The molecular formula is C12H13N3O3. The Bertz CT molecular complexity index is 673. The minimum atomic E-state index is -0.499. The van der Waals surface area contributed by atoms with Crippen LogP contribution in [-0.2, 0) is 13.1 Å². The lowest BCUT2D eigenvalue weighted by atomic mass is 10.2. The van der Waals surface area contributed by atoms with Crippen LogP contribution in [0.5, 0.6) is 5.75 Å². The van der Waals surface area contributed by atoms with Crippen LogP contribution in [0.3, 0.4) is 0 Å². The number of nitrogens with zero attached hydrogens (tertiary/aromatic N) is 1. The van der Waals surface area contributed by atoms with Gasteiger partial charge in [0.1, 0.15) is 5.75 Å². The Kier molecular flexibility index (Phi) is 3.29. The largest absolute Gasteiger partial charge is 0.508 e. The first-order chi connectivity index (χ1) is 8.60. The molecule has 0 atom stereocenters. The molecule has 0 fully saturated rings. The van der Waals surface area contributed by atoms with Crippen molar-refractivity contribution in [2.75, 3.05) is 0 Å². The van der Waals surface area contributed by atoms with E-state index in [1.54, 1.807) is 24.3 Å². The molecule has 0 saturated heterocycles. The summed E-state index contributed by atoms with van der Waals surface area (Å²) in [7, 11) is 0. The fraction of sp³-hybridized carbons (Fsp3) is 0.167. The molecule has 0 saturated carbocycles. The smallest absolute Gasteiger partial charge is 0.328 e. The Morgan fingerprint density at radius 2 is 2.11 bits per heavy atom. The maximum absolute atomic E-state index is 11.6. The number of phenolic OH excluding ortho intramolecular Hbond substituents is 1. The molecule has 18 heavy (non-hydrogen) atoms. The van der Waals surface area contributed by atoms with Crippen molar-refractivity contribution in [1.82, 2.24) is 9.55 Å². The minimum Gasteiger partial charge on any atom is -0.508 e. The molecule has 0 aliphatic rings. The highest BCUT2D eigenvalue weighted by Crippen LogP contribution is 2.11. The maximum Gasteiger partial charge on any atom is 0.328 e. The first-order valence-electron chi connectivity index (χ1n) is 5.41. The lowest BCUT2D eigenvalue weighted by molar-refractivity contribution is 0.474. The van der Waals surface area contributed by atoms with Gasteiger partial charge in [-0.1, -0.05) is 12.1 Å². The zero-order chi connectivity index (χ0) is 13.1. The van der Waals surface area contributed by atoms with E-state index in [2.05, 4.69) is 4.98 Å². The van der Waals surface area contributed by atoms with Crippen LogP contribution in [0.15, 0.2) is 40.1 Å². The average Bonchev–Trinajstić information content (AvgIpc) is 2.33. The van der Waals surface area contributed by atoms with Gasteiger partial charge in [-0.15, -0.1) is 0 Å². The Morgan fingerprint density at radius 1 is 1.33 bits per heavy atom. The number of aromatic nitrogens is 2. The van der Waals surface area contributed by atoms with E-state index in [1.165, 1.54) is 10.8 Å². The molecule has 0 aliphatic carbocycles. The van der Waals surface area contributed by atoms with Gasteiger partial charge in [0, 0.05) is 18.3 Å². The van der Waals surface area contributed by atoms with Crippen molar-refractivity contribution in [2.24, 2.45) is 5.73 Å². The molecule has 0 radical (unpaired) electrons. The highest BCUT2D eigenvalue weighted by molar-refractivity contribution is 5.27. The van der Waals surface area contributed by atoms with E-state index in [0.29, 0.717) is 5.56 Å². The second kappa shape index (κ2) is 4.89. The first kappa shape index (κ1) is 12.1. The van der Waals surface area contributed by atoms with E-state index in [9.17, 15) is 14.7 Å². The summed E-state index contributed by atoms with van der Waals surface area (Å²) in [6, 6.07) is 6.56. The van der Waals surface area contributed by atoms with Crippen molar-refractivity contribution in [3.05, 3.63) is 62.4 Å². The third-order valence-electron chi connectivity index (χ3n) is 2.57. The Balaban J connectivity index is 2.40. The van der Waals surface area contributed by atoms with Gasteiger partial charge < -0.3 is 10.8 Å². The summed E-state index contributed by atoms with van der Waals surface area (Å²) in [5, 5.41) is 9.34. The third kappa shape index (κ3) is 2.49. The van der Waals surface area contributed by atoms with E-state index in [0.717, 1.165) is 5.56 Å². The molecule has 1 heterocycles. The number of nitrogens with two attached hydrogens (primary N) is 1. The van der Waals surface area contributed by atoms with Crippen LogP contribution in [0, 0.1) is 0 Å². The highest BCUT2D eigenvalue weighted by atomic mass is 16.3. The molecule has 0 aliphatic heterocycles. The van der Waals surface area contributed by atoms with Crippen LogP contribution in [0.25, 0.3) is 0 Å². The van der Waals surface area contributed by atoms with Crippen LogP contribution < -0.4 is 17.0 Å². The molecule has 0 unspecified atom stereocenters. The molecule has 4 N–H and O–H groups in total. The molecule has 1 aromatic heterocycles. The van der Waals surface area contributed by atoms with Gasteiger partial charge in [0.05, 0.1) is 6.54 Å². The maximum atomic E-state index is 11.6. The molecule has 6 nitrogen and oxygen atoms in total. The normalized spacial score (nSPS) is 10.5. The number of hydrogen-bond donors (Lipinski definition) is 3. The predicted molar refractivity (Wildman–Crippen MR) is 66.4 cm³/mol. The fourth-order valence-electron chi connectivity index (χ4n) is 1.67. The standard InChI is InChI=1S/C12H13N3O3/c13-5-9-7-15(12(18)14-11(9)17)6-8-2-1-3-10(16)4-8/h1-4,7,16H,5-6,13H2,(H,14,17,18). The summed E-state index contributed by atoms with van der Waals surface area (Å²) in [6.45, 7) is 0.326. The number of rotatable bonds is 3. The predicted octanol–water partition coefficient (Wildman–Crippen LogP) is -0.251. The molecule has 0 bridgehead atoms. The molecular weight excluding hydrogens is 234 g/mol. The molecule has 1 aromatic carbocycles. The van der Waals surface area contributed by atoms with Gasteiger partial charge >= 0.3 is 5.69 Å². The zero-order valence-corrected chi connectivity index (χ0v) is 9.59. The molecule has 0 amide bonds. The second-order valence-corrected chi connectivity index (χ2v) is 3.92.